The highest BCUT2D eigenvalue weighted by atomic mass is 16.5. The van der Waals surface area contributed by atoms with E-state index >= 15 is 0 Å². The van der Waals surface area contributed by atoms with Crippen LogP contribution in [0.5, 0.6) is 5.75 Å². The highest BCUT2D eigenvalue weighted by Gasteiger charge is 2.10. The molecule has 74 valence electrons. The molecule has 0 aromatic heterocycles. The number of rotatable bonds is 4. The van der Waals surface area contributed by atoms with Crippen molar-refractivity contribution in [3.05, 3.63) is 23.8 Å². The van der Waals surface area contributed by atoms with Crippen LogP contribution in [-0.4, -0.2) is 24.9 Å². The minimum Gasteiger partial charge on any atom is -0.497 e. The first-order valence-electron chi connectivity index (χ1n) is 3.82. The van der Waals surface area contributed by atoms with Gasteiger partial charge < -0.3 is 9.84 Å². The fourth-order valence-electron chi connectivity index (χ4n) is 1.01. The predicted octanol–water partition coefficient (Wildman–Crippen LogP) is 1.42. The molecule has 0 radical (unpaired) electrons. The number of hydrogen-bond donors (Lipinski definition) is 2. The summed E-state index contributed by atoms with van der Waals surface area (Å²) in [6.45, 7) is 3.21. The van der Waals surface area contributed by atoms with Gasteiger partial charge in [-0.2, -0.15) is 5.10 Å². The summed E-state index contributed by atoms with van der Waals surface area (Å²) in [4.78, 5) is 10.8. The number of nitrogens with zero attached hydrogens (tertiary/aromatic N) is 1. The zero-order valence-electron chi connectivity index (χ0n) is 7.65. The van der Waals surface area contributed by atoms with E-state index < -0.39 is 5.97 Å². The fraction of sp³-hybridized carbons (Fsp3) is 0.111. The second-order valence-corrected chi connectivity index (χ2v) is 2.49. The summed E-state index contributed by atoms with van der Waals surface area (Å²) in [6, 6.07) is 4.62. The van der Waals surface area contributed by atoms with E-state index in [1.165, 1.54) is 13.2 Å². The molecule has 5 heteroatoms. The zero-order valence-corrected chi connectivity index (χ0v) is 7.65. The lowest BCUT2D eigenvalue weighted by molar-refractivity contribution is 0.0697. The molecule has 2 N–H and O–H groups in total. The van der Waals surface area contributed by atoms with Crippen molar-refractivity contribution < 1.29 is 14.6 Å². The lowest BCUT2D eigenvalue weighted by Crippen LogP contribution is -2.02. The number of anilines is 1. The summed E-state index contributed by atoms with van der Waals surface area (Å²) in [5.74, 6) is -0.563. The molecule has 0 saturated heterocycles. The van der Waals surface area contributed by atoms with Gasteiger partial charge in [-0.05, 0) is 18.2 Å². The van der Waals surface area contributed by atoms with E-state index in [4.69, 9.17) is 9.84 Å². The summed E-state index contributed by atoms with van der Waals surface area (Å²) < 4.78 is 4.90. The van der Waals surface area contributed by atoms with Gasteiger partial charge in [0.25, 0.3) is 0 Å². The Bertz CT molecular complexity index is 363. The van der Waals surface area contributed by atoms with Crippen molar-refractivity contribution in [3.63, 3.8) is 0 Å². The topological polar surface area (TPSA) is 70.9 Å². The third kappa shape index (κ3) is 2.01. The maximum absolute atomic E-state index is 10.8. The minimum absolute atomic E-state index is 0.0942. The molecule has 0 atom stereocenters. The monoisotopic (exact) mass is 194 g/mol. The number of carboxylic acid groups (broad SMARTS) is 1. The molecule has 0 aliphatic heterocycles. The number of nitrogens with one attached hydrogen (secondary N) is 1. The number of ether oxygens (including phenoxy) is 1. The molecule has 0 aliphatic carbocycles. The molecule has 0 fully saturated rings. The summed E-state index contributed by atoms with van der Waals surface area (Å²) >= 11 is 0. The summed E-state index contributed by atoms with van der Waals surface area (Å²) in [7, 11) is 1.47. The van der Waals surface area contributed by atoms with Crippen molar-refractivity contribution in [2.24, 2.45) is 5.10 Å². The quantitative estimate of drug-likeness (QED) is 0.561. The Morgan fingerprint density at radius 3 is 2.86 bits per heavy atom. The van der Waals surface area contributed by atoms with E-state index in [0.29, 0.717) is 11.4 Å². The highest BCUT2D eigenvalue weighted by molar-refractivity contribution is 5.94. The Balaban J connectivity index is 3.16. The van der Waals surface area contributed by atoms with Crippen LogP contribution < -0.4 is 10.2 Å². The molecule has 1 aromatic carbocycles. The van der Waals surface area contributed by atoms with Crippen molar-refractivity contribution >= 4 is 18.4 Å². The largest absolute Gasteiger partial charge is 0.497 e. The summed E-state index contributed by atoms with van der Waals surface area (Å²) in [6.07, 6.45) is 0. The standard InChI is InChI=1S/C9H10N2O3/c1-10-11-8-4-3-6(14-2)5-7(8)9(12)13/h3-5,11H,1H2,2H3,(H,12,13). The number of hydrogen-bond acceptors (Lipinski definition) is 4. The SMILES string of the molecule is C=NNc1ccc(OC)cc1C(=O)O. The number of hydrazone groups is 1. The van der Waals surface area contributed by atoms with Crippen LogP contribution in [0.25, 0.3) is 0 Å². The van der Waals surface area contributed by atoms with Gasteiger partial charge >= 0.3 is 5.97 Å². The van der Waals surface area contributed by atoms with Crippen molar-refractivity contribution in [2.75, 3.05) is 12.5 Å². The Kier molecular flexibility index (Phi) is 3.06. The molecular weight excluding hydrogens is 184 g/mol. The van der Waals surface area contributed by atoms with E-state index in [1.54, 1.807) is 12.1 Å². The second kappa shape index (κ2) is 4.27. The van der Waals surface area contributed by atoms with Crippen molar-refractivity contribution in [1.82, 2.24) is 0 Å². The number of carbonyl (C=O) groups is 1. The minimum atomic E-state index is -1.05. The Morgan fingerprint density at radius 1 is 1.64 bits per heavy atom. The van der Waals surface area contributed by atoms with Gasteiger partial charge in [-0.15, -0.1) is 0 Å². The van der Waals surface area contributed by atoms with Crippen molar-refractivity contribution in [3.8, 4) is 5.75 Å². The second-order valence-electron chi connectivity index (χ2n) is 2.49. The van der Waals surface area contributed by atoms with Gasteiger partial charge in [-0.1, -0.05) is 0 Å². The summed E-state index contributed by atoms with van der Waals surface area (Å²) in [5, 5.41) is 12.3. The van der Waals surface area contributed by atoms with Gasteiger partial charge in [-0.3, -0.25) is 5.43 Å². The first-order chi connectivity index (χ1) is 6.69. The van der Waals surface area contributed by atoms with Crippen LogP contribution in [0, 0.1) is 0 Å². The smallest absolute Gasteiger partial charge is 0.338 e. The van der Waals surface area contributed by atoms with Crippen molar-refractivity contribution in [1.29, 1.82) is 0 Å². The fourth-order valence-corrected chi connectivity index (χ4v) is 1.01. The molecule has 0 amide bonds. The van der Waals surface area contributed by atoms with Gasteiger partial charge in [-0.25, -0.2) is 4.79 Å². The molecule has 0 bridgehead atoms. The molecule has 1 aromatic rings. The zero-order chi connectivity index (χ0) is 10.6. The van der Waals surface area contributed by atoms with Crippen LogP contribution in [0.2, 0.25) is 0 Å². The number of carboxylic acids is 1. The van der Waals surface area contributed by atoms with Gasteiger partial charge in [0.05, 0.1) is 18.4 Å². The average molecular weight is 194 g/mol. The third-order valence-corrected chi connectivity index (χ3v) is 1.66. The van der Waals surface area contributed by atoms with E-state index in [0.717, 1.165) is 0 Å². The van der Waals surface area contributed by atoms with Crippen LogP contribution >= 0.6 is 0 Å². The molecule has 0 spiro atoms. The highest BCUT2D eigenvalue weighted by Crippen LogP contribution is 2.21. The van der Waals surface area contributed by atoms with Gasteiger partial charge in [0, 0.05) is 6.72 Å². The Morgan fingerprint density at radius 2 is 2.36 bits per heavy atom. The van der Waals surface area contributed by atoms with Crippen LogP contribution in [0.4, 0.5) is 5.69 Å². The Labute approximate surface area is 81.0 Å². The lowest BCUT2D eigenvalue weighted by Gasteiger charge is -2.06. The van der Waals surface area contributed by atoms with Gasteiger partial charge in [0.2, 0.25) is 0 Å². The number of benzene rings is 1. The van der Waals surface area contributed by atoms with Gasteiger partial charge in [0.15, 0.2) is 0 Å². The van der Waals surface area contributed by atoms with Crippen LogP contribution in [0.1, 0.15) is 10.4 Å². The molecule has 0 heterocycles. The first-order valence-corrected chi connectivity index (χ1v) is 3.82. The molecule has 0 saturated carbocycles. The third-order valence-electron chi connectivity index (χ3n) is 1.66. The van der Waals surface area contributed by atoms with E-state index in [-0.39, 0.29) is 5.56 Å². The molecule has 14 heavy (non-hydrogen) atoms. The molecule has 5 nitrogen and oxygen atoms in total. The molecule has 0 unspecified atom stereocenters. The lowest BCUT2D eigenvalue weighted by atomic mass is 10.2. The maximum Gasteiger partial charge on any atom is 0.338 e. The molecular formula is C9H10N2O3. The van der Waals surface area contributed by atoms with E-state index in [1.807, 2.05) is 0 Å². The first kappa shape index (κ1) is 10.0. The normalized spacial score (nSPS) is 9.21. The van der Waals surface area contributed by atoms with E-state index in [2.05, 4.69) is 17.2 Å². The van der Waals surface area contributed by atoms with Crippen LogP contribution in [0.15, 0.2) is 23.3 Å². The number of aromatic carboxylic acids is 1. The summed E-state index contributed by atoms with van der Waals surface area (Å²) in [5.41, 5.74) is 2.96. The number of methoxy groups -OCH3 is 1. The molecule has 0 aliphatic rings. The van der Waals surface area contributed by atoms with Crippen molar-refractivity contribution in [2.45, 2.75) is 0 Å². The maximum atomic E-state index is 10.8. The van der Waals surface area contributed by atoms with E-state index in [9.17, 15) is 4.79 Å². The van der Waals surface area contributed by atoms with Crippen LogP contribution in [0.3, 0.4) is 0 Å². The average Bonchev–Trinajstić information content (AvgIpc) is 2.18. The Hall–Kier alpha value is -2.04. The predicted molar refractivity (Wildman–Crippen MR) is 53.1 cm³/mol. The molecule has 1 rings (SSSR count). The van der Waals surface area contributed by atoms with Crippen LogP contribution in [-0.2, 0) is 0 Å². The van der Waals surface area contributed by atoms with Gasteiger partial charge in [0.1, 0.15) is 5.75 Å².